The summed E-state index contributed by atoms with van der Waals surface area (Å²) in [5.74, 6) is 0.898. The van der Waals surface area contributed by atoms with Crippen molar-refractivity contribution in [1.82, 2.24) is 5.32 Å². The molecule has 1 fully saturated rings. The quantitative estimate of drug-likeness (QED) is 0.872. The molecule has 0 heterocycles. The Morgan fingerprint density at radius 3 is 2.38 bits per heavy atom. The lowest BCUT2D eigenvalue weighted by Crippen LogP contribution is -2.38. The number of hydrogen-bond donors (Lipinski definition) is 2. The van der Waals surface area contributed by atoms with Gasteiger partial charge in [-0.1, -0.05) is 44.2 Å². The van der Waals surface area contributed by atoms with Crippen molar-refractivity contribution in [3.05, 3.63) is 35.9 Å². The summed E-state index contributed by atoms with van der Waals surface area (Å²) in [4.78, 5) is 12.5. The van der Waals surface area contributed by atoms with Crippen molar-refractivity contribution in [2.75, 3.05) is 0 Å². The highest BCUT2D eigenvalue weighted by Gasteiger charge is 2.26. The summed E-state index contributed by atoms with van der Waals surface area (Å²) in [5.41, 5.74) is 7.12. The molecule has 1 aliphatic carbocycles. The minimum absolute atomic E-state index is 0.120. The predicted octanol–water partition coefficient (Wildman–Crippen LogP) is 3.41. The molecule has 1 aromatic carbocycles. The molecule has 116 valence electrons. The largest absolute Gasteiger partial charge is 0.349 e. The van der Waals surface area contributed by atoms with Gasteiger partial charge < -0.3 is 11.1 Å². The van der Waals surface area contributed by atoms with E-state index in [2.05, 4.69) is 31.3 Å². The normalized spacial score (nSPS) is 23.8. The van der Waals surface area contributed by atoms with Gasteiger partial charge in [-0.15, -0.1) is 0 Å². The van der Waals surface area contributed by atoms with E-state index in [9.17, 15) is 4.79 Å². The van der Waals surface area contributed by atoms with Crippen LogP contribution in [-0.4, -0.2) is 11.9 Å². The minimum atomic E-state index is 0.120. The second-order valence-corrected chi connectivity index (χ2v) is 6.71. The Balaban J connectivity index is 1.99. The van der Waals surface area contributed by atoms with Gasteiger partial charge >= 0.3 is 0 Å². The van der Waals surface area contributed by atoms with E-state index in [1.165, 1.54) is 5.56 Å². The van der Waals surface area contributed by atoms with Crippen molar-refractivity contribution >= 4 is 5.91 Å². The molecule has 0 bridgehead atoms. The van der Waals surface area contributed by atoms with Gasteiger partial charge in [0.05, 0.1) is 6.04 Å². The Morgan fingerprint density at radius 1 is 1.19 bits per heavy atom. The first-order valence-corrected chi connectivity index (χ1v) is 8.17. The van der Waals surface area contributed by atoms with Gasteiger partial charge in [0.1, 0.15) is 0 Å². The molecule has 1 amide bonds. The molecule has 2 rings (SSSR count). The number of amides is 1. The Kier molecular flexibility index (Phi) is 5.80. The monoisotopic (exact) mass is 288 g/mol. The van der Waals surface area contributed by atoms with Crippen LogP contribution in [0.4, 0.5) is 0 Å². The van der Waals surface area contributed by atoms with Gasteiger partial charge in [0, 0.05) is 12.0 Å². The molecule has 0 saturated heterocycles. The van der Waals surface area contributed by atoms with Gasteiger partial charge in [0.2, 0.25) is 5.91 Å². The third-order valence-corrected chi connectivity index (χ3v) is 4.37. The fourth-order valence-electron chi connectivity index (χ4n) is 3.11. The van der Waals surface area contributed by atoms with Crippen LogP contribution in [0, 0.1) is 11.8 Å². The van der Waals surface area contributed by atoms with Gasteiger partial charge in [-0.3, -0.25) is 4.79 Å². The van der Waals surface area contributed by atoms with E-state index in [1.54, 1.807) is 0 Å². The van der Waals surface area contributed by atoms with Crippen molar-refractivity contribution < 1.29 is 4.79 Å². The second-order valence-electron chi connectivity index (χ2n) is 6.71. The van der Waals surface area contributed by atoms with Crippen LogP contribution in [0.5, 0.6) is 0 Å². The van der Waals surface area contributed by atoms with Crippen LogP contribution in [0.15, 0.2) is 30.3 Å². The summed E-state index contributed by atoms with van der Waals surface area (Å²) in [7, 11) is 0. The third kappa shape index (κ3) is 4.85. The van der Waals surface area contributed by atoms with Crippen molar-refractivity contribution in [2.24, 2.45) is 17.6 Å². The van der Waals surface area contributed by atoms with Gasteiger partial charge in [-0.25, -0.2) is 0 Å². The molecule has 3 nitrogen and oxygen atoms in total. The van der Waals surface area contributed by atoms with Crippen molar-refractivity contribution in [1.29, 1.82) is 0 Å². The average Bonchev–Trinajstić information content (AvgIpc) is 2.47. The van der Waals surface area contributed by atoms with Gasteiger partial charge in [-0.05, 0) is 43.6 Å². The summed E-state index contributed by atoms with van der Waals surface area (Å²) in [6.45, 7) is 4.39. The van der Waals surface area contributed by atoms with Gasteiger partial charge in [-0.2, -0.15) is 0 Å². The Bertz CT molecular complexity index is 436. The lowest BCUT2D eigenvalue weighted by Gasteiger charge is -2.28. The average molecular weight is 288 g/mol. The smallest absolute Gasteiger partial charge is 0.223 e. The van der Waals surface area contributed by atoms with Crippen LogP contribution >= 0.6 is 0 Å². The Hall–Kier alpha value is -1.35. The predicted molar refractivity (Wildman–Crippen MR) is 86.7 cm³/mol. The van der Waals surface area contributed by atoms with Crippen molar-refractivity contribution in [2.45, 2.75) is 58.0 Å². The first-order chi connectivity index (χ1) is 10.1. The van der Waals surface area contributed by atoms with Gasteiger partial charge in [0.15, 0.2) is 0 Å². The van der Waals surface area contributed by atoms with Crippen LogP contribution in [0.2, 0.25) is 0 Å². The zero-order chi connectivity index (χ0) is 15.2. The summed E-state index contributed by atoms with van der Waals surface area (Å²) in [5, 5.41) is 3.27. The number of carbonyl (C=O) groups is 1. The van der Waals surface area contributed by atoms with E-state index in [-0.39, 0.29) is 23.9 Å². The molecule has 0 radical (unpaired) electrons. The van der Waals surface area contributed by atoms with Crippen molar-refractivity contribution in [3.63, 3.8) is 0 Å². The standard InChI is InChI=1S/C18H28N2O/c1-13(2)12-17(14-6-4-3-5-7-14)20-18(21)15-8-10-16(19)11-9-15/h3-7,13,15-17H,8-12,19H2,1-2H3,(H,20,21). The van der Waals surface area contributed by atoms with E-state index in [4.69, 9.17) is 5.73 Å². The molecule has 1 atom stereocenters. The maximum atomic E-state index is 12.5. The van der Waals surface area contributed by atoms with E-state index in [0.29, 0.717) is 5.92 Å². The molecule has 1 unspecified atom stereocenters. The topological polar surface area (TPSA) is 55.1 Å². The first kappa shape index (κ1) is 16.0. The number of benzene rings is 1. The first-order valence-electron chi connectivity index (χ1n) is 8.17. The highest BCUT2D eigenvalue weighted by molar-refractivity contribution is 5.79. The molecule has 1 aromatic rings. The molecule has 21 heavy (non-hydrogen) atoms. The number of rotatable bonds is 5. The van der Waals surface area contributed by atoms with Crippen LogP contribution in [0.3, 0.4) is 0 Å². The van der Waals surface area contributed by atoms with E-state index >= 15 is 0 Å². The molecule has 0 aliphatic heterocycles. The molecular formula is C18H28N2O. The van der Waals surface area contributed by atoms with Crippen molar-refractivity contribution in [3.8, 4) is 0 Å². The number of nitrogens with two attached hydrogens (primary N) is 1. The van der Waals surface area contributed by atoms with E-state index in [1.807, 2.05) is 18.2 Å². The molecule has 0 aromatic heterocycles. The zero-order valence-corrected chi connectivity index (χ0v) is 13.2. The maximum Gasteiger partial charge on any atom is 0.223 e. The molecule has 1 aliphatic rings. The number of hydrogen-bond acceptors (Lipinski definition) is 2. The molecule has 3 N–H and O–H groups in total. The Morgan fingerprint density at radius 2 is 1.81 bits per heavy atom. The van der Waals surface area contributed by atoms with Crippen LogP contribution in [0.1, 0.15) is 57.6 Å². The lowest BCUT2D eigenvalue weighted by atomic mass is 9.85. The second kappa shape index (κ2) is 7.60. The highest BCUT2D eigenvalue weighted by atomic mass is 16.1. The summed E-state index contributed by atoms with van der Waals surface area (Å²) in [6.07, 6.45) is 4.77. The number of carbonyl (C=O) groups excluding carboxylic acids is 1. The van der Waals surface area contributed by atoms with Gasteiger partial charge in [0.25, 0.3) is 0 Å². The maximum absolute atomic E-state index is 12.5. The molecule has 0 spiro atoms. The number of nitrogens with one attached hydrogen (secondary N) is 1. The van der Waals surface area contributed by atoms with Crippen LogP contribution in [-0.2, 0) is 4.79 Å². The summed E-state index contributed by atoms with van der Waals surface area (Å²) < 4.78 is 0. The summed E-state index contributed by atoms with van der Waals surface area (Å²) in [6, 6.07) is 10.7. The Labute approximate surface area is 128 Å². The highest BCUT2D eigenvalue weighted by Crippen LogP contribution is 2.26. The lowest BCUT2D eigenvalue weighted by molar-refractivity contribution is -0.126. The molecule has 3 heteroatoms. The molecular weight excluding hydrogens is 260 g/mol. The van der Waals surface area contributed by atoms with Crippen LogP contribution < -0.4 is 11.1 Å². The summed E-state index contributed by atoms with van der Waals surface area (Å²) >= 11 is 0. The fraction of sp³-hybridized carbons (Fsp3) is 0.611. The van der Waals surface area contributed by atoms with E-state index in [0.717, 1.165) is 32.1 Å². The van der Waals surface area contributed by atoms with E-state index < -0.39 is 0 Å². The minimum Gasteiger partial charge on any atom is -0.349 e. The zero-order valence-electron chi connectivity index (χ0n) is 13.2. The SMILES string of the molecule is CC(C)CC(NC(=O)C1CCC(N)CC1)c1ccccc1. The fourth-order valence-corrected chi connectivity index (χ4v) is 3.11. The van der Waals surface area contributed by atoms with Crippen LogP contribution in [0.25, 0.3) is 0 Å². The third-order valence-electron chi connectivity index (χ3n) is 4.37. The molecule has 1 saturated carbocycles.